The van der Waals surface area contributed by atoms with E-state index in [4.69, 9.17) is 0 Å². The molecule has 1 N–H and O–H groups in total. The molecule has 0 aliphatic heterocycles. The first-order valence-corrected chi connectivity index (χ1v) is 6.48. The number of hydrogen-bond donors (Lipinski definition) is 1. The average Bonchev–Trinajstić information content (AvgIpc) is 2.63. The molecular formula is C17H16O2. The van der Waals surface area contributed by atoms with E-state index in [1.165, 1.54) is 0 Å². The Balaban J connectivity index is 2.00. The van der Waals surface area contributed by atoms with E-state index in [-0.39, 0.29) is 5.78 Å². The molecule has 96 valence electrons. The fourth-order valence-electron chi connectivity index (χ4n) is 2.91. The van der Waals surface area contributed by atoms with Crippen LogP contribution in [0.2, 0.25) is 0 Å². The van der Waals surface area contributed by atoms with Crippen LogP contribution in [-0.4, -0.2) is 10.9 Å². The molecule has 2 heteroatoms. The van der Waals surface area contributed by atoms with Crippen LogP contribution in [0.4, 0.5) is 0 Å². The molecule has 2 atom stereocenters. The van der Waals surface area contributed by atoms with Crippen LogP contribution < -0.4 is 0 Å². The zero-order valence-electron chi connectivity index (χ0n) is 10.8. The molecule has 0 amide bonds. The molecule has 0 saturated carbocycles. The van der Waals surface area contributed by atoms with E-state index in [0.717, 1.165) is 11.1 Å². The molecule has 0 bridgehead atoms. The standard InChI is InChI=1S/C17H16O2/c1-17(11-12-7-3-2-4-8-12)15(18)13-9-5-6-10-14(13)16(17)19/h2-10,15,18H,11H2,1H3/t15-,17-/m0/s1. The monoisotopic (exact) mass is 252 g/mol. The molecule has 3 rings (SSSR count). The molecule has 0 aromatic heterocycles. The van der Waals surface area contributed by atoms with Gasteiger partial charge in [-0.25, -0.2) is 0 Å². The summed E-state index contributed by atoms with van der Waals surface area (Å²) in [6.45, 7) is 1.85. The molecule has 0 radical (unpaired) electrons. The average molecular weight is 252 g/mol. The van der Waals surface area contributed by atoms with Crippen LogP contribution in [0.1, 0.15) is 34.5 Å². The van der Waals surface area contributed by atoms with Crippen LogP contribution in [0.15, 0.2) is 54.6 Å². The van der Waals surface area contributed by atoms with E-state index in [1.807, 2.05) is 55.5 Å². The minimum atomic E-state index is -0.759. The van der Waals surface area contributed by atoms with E-state index < -0.39 is 11.5 Å². The van der Waals surface area contributed by atoms with Crippen molar-refractivity contribution in [1.82, 2.24) is 0 Å². The second kappa shape index (κ2) is 4.32. The number of carbonyl (C=O) groups excluding carboxylic acids is 1. The summed E-state index contributed by atoms with van der Waals surface area (Å²) in [6.07, 6.45) is -0.167. The Hall–Kier alpha value is -1.93. The van der Waals surface area contributed by atoms with Crippen molar-refractivity contribution < 1.29 is 9.90 Å². The van der Waals surface area contributed by atoms with Gasteiger partial charge in [0.2, 0.25) is 0 Å². The number of aliphatic hydroxyl groups excluding tert-OH is 1. The minimum Gasteiger partial charge on any atom is -0.387 e. The van der Waals surface area contributed by atoms with E-state index in [9.17, 15) is 9.90 Å². The number of ketones is 1. The Kier molecular flexibility index (Phi) is 2.76. The third kappa shape index (κ3) is 1.80. The van der Waals surface area contributed by atoms with E-state index in [2.05, 4.69) is 0 Å². The van der Waals surface area contributed by atoms with Crippen molar-refractivity contribution in [3.05, 3.63) is 71.3 Å². The number of rotatable bonds is 2. The number of carbonyl (C=O) groups is 1. The molecule has 2 nitrogen and oxygen atoms in total. The summed E-state index contributed by atoms with van der Waals surface area (Å²) in [5.74, 6) is 0.0412. The molecule has 1 aliphatic rings. The maximum absolute atomic E-state index is 12.6. The first-order valence-electron chi connectivity index (χ1n) is 6.48. The highest BCUT2D eigenvalue weighted by molar-refractivity contribution is 6.05. The van der Waals surface area contributed by atoms with Gasteiger partial charge in [-0.15, -0.1) is 0 Å². The minimum absolute atomic E-state index is 0.0412. The van der Waals surface area contributed by atoms with Gasteiger partial charge in [0.25, 0.3) is 0 Å². The summed E-state index contributed by atoms with van der Waals surface area (Å²) < 4.78 is 0. The molecule has 0 heterocycles. The van der Waals surface area contributed by atoms with E-state index in [1.54, 1.807) is 6.07 Å². The van der Waals surface area contributed by atoms with Crippen molar-refractivity contribution >= 4 is 5.78 Å². The summed E-state index contributed by atoms with van der Waals surface area (Å²) >= 11 is 0. The second-order valence-electron chi connectivity index (χ2n) is 5.40. The third-order valence-electron chi connectivity index (χ3n) is 4.04. The number of fused-ring (bicyclic) bond motifs is 1. The van der Waals surface area contributed by atoms with Crippen molar-refractivity contribution in [1.29, 1.82) is 0 Å². The van der Waals surface area contributed by atoms with E-state index >= 15 is 0 Å². The Bertz CT molecular complexity index is 618. The zero-order chi connectivity index (χ0) is 13.5. The normalized spacial score (nSPS) is 25.4. The van der Waals surface area contributed by atoms with Gasteiger partial charge < -0.3 is 5.11 Å². The Morgan fingerprint density at radius 3 is 2.37 bits per heavy atom. The van der Waals surface area contributed by atoms with Gasteiger partial charge in [0.05, 0.1) is 11.5 Å². The quantitative estimate of drug-likeness (QED) is 0.891. The van der Waals surface area contributed by atoms with Crippen molar-refractivity contribution in [2.24, 2.45) is 5.41 Å². The maximum Gasteiger partial charge on any atom is 0.172 e. The largest absolute Gasteiger partial charge is 0.387 e. The smallest absolute Gasteiger partial charge is 0.172 e. The molecule has 2 aromatic carbocycles. The van der Waals surface area contributed by atoms with Crippen LogP contribution in [0.3, 0.4) is 0 Å². The van der Waals surface area contributed by atoms with Crippen molar-refractivity contribution in [2.75, 3.05) is 0 Å². The highest BCUT2D eigenvalue weighted by Crippen LogP contribution is 2.47. The summed E-state index contributed by atoms with van der Waals surface area (Å²) in [4.78, 5) is 12.6. The first-order chi connectivity index (χ1) is 9.13. The maximum atomic E-state index is 12.6. The SMILES string of the molecule is C[C@@]1(Cc2ccccc2)C(=O)c2ccccc2[C@@H]1O. The van der Waals surface area contributed by atoms with Gasteiger partial charge in [0, 0.05) is 5.56 Å². The predicted octanol–water partition coefficient (Wildman–Crippen LogP) is 3.17. The Labute approximate surface area is 112 Å². The lowest BCUT2D eigenvalue weighted by Gasteiger charge is -2.26. The topological polar surface area (TPSA) is 37.3 Å². The van der Waals surface area contributed by atoms with Gasteiger partial charge in [0.15, 0.2) is 5.78 Å². The van der Waals surface area contributed by atoms with Gasteiger partial charge >= 0.3 is 0 Å². The lowest BCUT2D eigenvalue weighted by atomic mass is 9.78. The Morgan fingerprint density at radius 2 is 1.68 bits per heavy atom. The summed E-state index contributed by atoms with van der Waals surface area (Å²) in [5.41, 5.74) is 1.73. The molecule has 0 unspecified atom stereocenters. The molecule has 2 aromatic rings. The summed E-state index contributed by atoms with van der Waals surface area (Å²) in [5, 5.41) is 10.5. The van der Waals surface area contributed by atoms with Crippen LogP contribution in [0.25, 0.3) is 0 Å². The number of hydrogen-bond acceptors (Lipinski definition) is 2. The molecule has 0 saturated heterocycles. The highest BCUT2D eigenvalue weighted by Gasteiger charge is 2.48. The van der Waals surface area contributed by atoms with Crippen LogP contribution >= 0.6 is 0 Å². The molecule has 1 aliphatic carbocycles. The number of aliphatic hydroxyl groups is 1. The first kappa shape index (κ1) is 12.1. The molecule has 0 spiro atoms. The van der Waals surface area contributed by atoms with Gasteiger partial charge in [0.1, 0.15) is 0 Å². The summed E-state index contributed by atoms with van der Waals surface area (Å²) in [7, 11) is 0. The molecular weight excluding hydrogens is 236 g/mol. The van der Waals surface area contributed by atoms with E-state index in [0.29, 0.717) is 12.0 Å². The van der Waals surface area contributed by atoms with Gasteiger partial charge in [-0.1, -0.05) is 54.6 Å². The third-order valence-corrected chi connectivity index (χ3v) is 4.04. The van der Waals surface area contributed by atoms with Crippen LogP contribution in [-0.2, 0) is 6.42 Å². The molecule has 0 fully saturated rings. The van der Waals surface area contributed by atoms with Crippen LogP contribution in [0.5, 0.6) is 0 Å². The zero-order valence-corrected chi connectivity index (χ0v) is 10.8. The van der Waals surface area contributed by atoms with Gasteiger partial charge in [-0.3, -0.25) is 4.79 Å². The fourth-order valence-corrected chi connectivity index (χ4v) is 2.91. The lowest BCUT2D eigenvalue weighted by Crippen LogP contribution is -2.30. The number of benzene rings is 2. The van der Waals surface area contributed by atoms with Gasteiger partial charge in [-0.05, 0) is 24.5 Å². The second-order valence-corrected chi connectivity index (χ2v) is 5.40. The van der Waals surface area contributed by atoms with Gasteiger partial charge in [-0.2, -0.15) is 0 Å². The fraction of sp³-hybridized carbons (Fsp3) is 0.235. The van der Waals surface area contributed by atoms with Crippen molar-refractivity contribution in [2.45, 2.75) is 19.4 Å². The van der Waals surface area contributed by atoms with Crippen molar-refractivity contribution in [3.63, 3.8) is 0 Å². The number of Topliss-reactive ketones (excluding diaryl/α,β-unsaturated/α-hetero) is 1. The van der Waals surface area contributed by atoms with Crippen LogP contribution in [0, 0.1) is 5.41 Å². The summed E-state index contributed by atoms with van der Waals surface area (Å²) in [6, 6.07) is 17.2. The Morgan fingerprint density at radius 1 is 1.05 bits per heavy atom. The lowest BCUT2D eigenvalue weighted by molar-refractivity contribution is 0.0416. The predicted molar refractivity (Wildman–Crippen MR) is 74.0 cm³/mol. The highest BCUT2D eigenvalue weighted by atomic mass is 16.3. The molecule has 19 heavy (non-hydrogen) atoms. The van der Waals surface area contributed by atoms with Crippen molar-refractivity contribution in [3.8, 4) is 0 Å².